The molecular formula is C12H7BCl2N2O6. The standard InChI is InChI=1S/C12H7BCl2N2O6/c14-9-5-7(1-3-11(9)16(18)19)22-13-23-8-2-4-12(17(20)21)10(15)6-8/h1-6,13H. The zero-order valence-corrected chi connectivity index (χ0v) is 12.8. The van der Waals surface area contributed by atoms with Crippen molar-refractivity contribution in [2.24, 2.45) is 0 Å². The number of halogens is 2. The van der Waals surface area contributed by atoms with Crippen LogP contribution in [-0.4, -0.2) is 17.5 Å². The van der Waals surface area contributed by atoms with Crippen LogP contribution < -0.4 is 9.31 Å². The Kier molecular flexibility index (Phi) is 5.25. The minimum atomic E-state index is -0.610. The lowest BCUT2D eigenvalue weighted by molar-refractivity contribution is -0.384. The normalized spacial score (nSPS) is 10.0. The van der Waals surface area contributed by atoms with E-state index < -0.39 is 9.85 Å². The Hall–Kier alpha value is -2.52. The number of benzene rings is 2. The van der Waals surface area contributed by atoms with Gasteiger partial charge in [0.25, 0.3) is 11.4 Å². The first-order valence-electron chi connectivity index (χ1n) is 6.02. The zero-order valence-electron chi connectivity index (χ0n) is 11.3. The van der Waals surface area contributed by atoms with Gasteiger partial charge in [-0.05, 0) is 12.1 Å². The highest BCUT2D eigenvalue weighted by molar-refractivity contribution is 6.33. The smallest absolute Gasteiger partial charge is 0.528 e. The average molecular weight is 357 g/mol. The van der Waals surface area contributed by atoms with Gasteiger partial charge in [-0.15, -0.1) is 0 Å². The second-order valence-electron chi connectivity index (χ2n) is 4.15. The van der Waals surface area contributed by atoms with Gasteiger partial charge in [-0.25, -0.2) is 0 Å². The van der Waals surface area contributed by atoms with E-state index in [-0.39, 0.29) is 40.6 Å². The highest BCUT2D eigenvalue weighted by atomic mass is 35.5. The second kappa shape index (κ2) is 7.16. The van der Waals surface area contributed by atoms with Crippen LogP contribution in [-0.2, 0) is 0 Å². The molecule has 0 aliphatic heterocycles. The van der Waals surface area contributed by atoms with Crippen molar-refractivity contribution in [3.05, 3.63) is 66.7 Å². The van der Waals surface area contributed by atoms with Gasteiger partial charge in [0.1, 0.15) is 21.5 Å². The van der Waals surface area contributed by atoms with Crippen LogP contribution in [0.2, 0.25) is 10.0 Å². The Bertz CT molecular complexity index is 710. The predicted octanol–water partition coefficient (Wildman–Crippen LogP) is 3.53. The molecule has 2 aromatic carbocycles. The third-order valence-electron chi connectivity index (χ3n) is 2.68. The summed E-state index contributed by atoms with van der Waals surface area (Å²) in [7, 11) is -0.234. The lowest BCUT2D eigenvalue weighted by Gasteiger charge is -2.08. The van der Waals surface area contributed by atoms with Gasteiger partial charge in [0.2, 0.25) is 0 Å². The Morgan fingerprint density at radius 1 is 0.826 bits per heavy atom. The third-order valence-corrected chi connectivity index (χ3v) is 3.29. The molecular weight excluding hydrogens is 350 g/mol. The molecule has 0 aromatic heterocycles. The van der Waals surface area contributed by atoms with Crippen molar-refractivity contribution in [2.45, 2.75) is 0 Å². The third kappa shape index (κ3) is 4.24. The molecule has 0 N–H and O–H groups in total. The summed E-state index contributed by atoms with van der Waals surface area (Å²) < 4.78 is 10.5. The molecule has 118 valence electrons. The molecule has 0 saturated heterocycles. The summed E-state index contributed by atoms with van der Waals surface area (Å²) in [4.78, 5) is 20.0. The molecule has 0 amide bonds. The molecule has 0 bridgehead atoms. The first-order valence-corrected chi connectivity index (χ1v) is 6.77. The molecule has 2 rings (SSSR count). The number of hydrogen-bond acceptors (Lipinski definition) is 6. The fourth-order valence-corrected chi connectivity index (χ4v) is 2.10. The van der Waals surface area contributed by atoms with Gasteiger partial charge in [-0.1, -0.05) is 23.2 Å². The maximum atomic E-state index is 10.6. The van der Waals surface area contributed by atoms with Crippen LogP contribution in [0.25, 0.3) is 0 Å². The highest BCUT2D eigenvalue weighted by Crippen LogP contribution is 2.29. The van der Waals surface area contributed by atoms with E-state index in [0.717, 1.165) is 0 Å². The summed E-state index contributed by atoms with van der Waals surface area (Å²) in [5.74, 6) is 0.544. The lowest BCUT2D eigenvalue weighted by atomic mass is 10.2. The monoisotopic (exact) mass is 356 g/mol. The first kappa shape index (κ1) is 16.8. The van der Waals surface area contributed by atoms with Gasteiger partial charge in [0, 0.05) is 24.3 Å². The molecule has 11 heteroatoms. The van der Waals surface area contributed by atoms with Gasteiger partial charge < -0.3 is 9.31 Å². The van der Waals surface area contributed by atoms with Crippen molar-refractivity contribution in [2.75, 3.05) is 0 Å². The fourth-order valence-electron chi connectivity index (χ4n) is 1.62. The minimum Gasteiger partial charge on any atom is -0.528 e. The number of nitro benzene ring substituents is 2. The molecule has 0 aliphatic carbocycles. The van der Waals surface area contributed by atoms with Crippen molar-refractivity contribution in [3.8, 4) is 11.5 Å². The summed E-state index contributed by atoms with van der Waals surface area (Å²) >= 11 is 11.5. The fraction of sp³-hybridized carbons (Fsp3) is 0. The Morgan fingerprint density at radius 3 is 1.52 bits per heavy atom. The van der Waals surface area contributed by atoms with E-state index >= 15 is 0 Å². The average Bonchev–Trinajstić information content (AvgIpc) is 2.46. The summed E-state index contributed by atoms with van der Waals surface area (Å²) in [6.07, 6.45) is 0. The van der Waals surface area contributed by atoms with Crippen LogP contribution in [0.1, 0.15) is 0 Å². The van der Waals surface area contributed by atoms with E-state index in [2.05, 4.69) is 0 Å². The van der Waals surface area contributed by atoms with Crippen LogP contribution in [0.5, 0.6) is 11.5 Å². The SMILES string of the molecule is O=[N+]([O-])c1ccc(OBOc2ccc([N+](=O)[O-])c(Cl)c2)cc1Cl. The van der Waals surface area contributed by atoms with Crippen molar-refractivity contribution in [1.82, 2.24) is 0 Å². The largest absolute Gasteiger partial charge is 0.576 e. The lowest BCUT2D eigenvalue weighted by Crippen LogP contribution is -2.11. The second-order valence-corrected chi connectivity index (χ2v) is 4.96. The van der Waals surface area contributed by atoms with E-state index in [1.165, 1.54) is 36.4 Å². The van der Waals surface area contributed by atoms with Gasteiger partial charge in [-0.2, -0.15) is 0 Å². The maximum absolute atomic E-state index is 10.6. The molecule has 0 unspecified atom stereocenters. The molecule has 8 nitrogen and oxygen atoms in total. The highest BCUT2D eigenvalue weighted by Gasteiger charge is 2.14. The number of nitrogens with zero attached hydrogens (tertiary/aromatic N) is 2. The van der Waals surface area contributed by atoms with Crippen LogP contribution in [0.15, 0.2) is 36.4 Å². The molecule has 23 heavy (non-hydrogen) atoms. The molecule has 0 aliphatic rings. The van der Waals surface area contributed by atoms with Crippen LogP contribution in [0, 0.1) is 20.2 Å². The number of nitro groups is 2. The molecule has 0 saturated carbocycles. The van der Waals surface area contributed by atoms with Gasteiger partial charge in [-0.3, -0.25) is 20.2 Å². The van der Waals surface area contributed by atoms with E-state index in [1.54, 1.807) is 0 Å². The van der Waals surface area contributed by atoms with Gasteiger partial charge >= 0.3 is 7.69 Å². The van der Waals surface area contributed by atoms with E-state index in [4.69, 9.17) is 32.5 Å². The van der Waals surface area contributed by atoms with Crippen molar-refractivity contribution in [3.63, 3.8) is 0 Å². The Labute approximate surface area is 140 Å². The Balaban J connectivity index is 1.97. The van der Waals surface area contributed by atoms with Crippen LogP contribution in [0.4, 0.5) is 11.4 Å². The van der Waals surface area contributed by atoms with Crippen molar-refractivity contribution >= 4 is 42.3 Å². The summed E-state index contributed by atoms with van der Waals surface area (Å²) in [6.45, 7) is 0. The summed E-state index contributed by atoms with van der Waals surface area (Å²) in [5, 5.41) is 21.1. The van der Waals surface area contributed by atoms with E-state index in [1.807, 2.05) is 0 Å². The zero-order chi connectivity index (χ0) is 17.0. The van der Waals surface area contributed by atoms with Crippen LogP contribution in [0.3, 0.4) is 0 Å². The first-order chi connectivity index (χ1) is 10.9. The Morgan fingerprint density at radius 2 is 1.22 bits per heavy atom. The van der Waals surface area contributed by atoms with E-state index in [0.29, 0.717) is 0 Å². The number of rotatable bonds is 6. The van der Waals surface area contributed by atoms with Crippen molar-refractivity contribution in [1.29, 1.82) is 0 Å². The quantitative estimate of drug-likeness (QED) is 0.445. The van der Waals surface area contributed by atoms with Gasteiger partial charge in [0.15, 0.2) is 0 Å². The molecule has 0 spiro atoms. The van der Waals surface area contributed by atoms with E-state index in [9.17, 15) is 20.2 Å². The summed E-state index contributed by atoms with van der Waals surface area (Å²) in [6, 6.07) is 7.73. The molecule has 2 aromatic rings. The maximum Gasteiger partial charge on any atom is 0.576 e. The number of hydrogen-bond donors (Lipinski definition) is 0. The topological polar surface area (TPSA) is 105 Å². The van der Waals surface area contributed by atoms with Crippen molar-refractivity contribution < 1.29 is 19.2 Å². The van der Waals surface area contributed by atoms with Crippen LogP contribution >= 0.6 is 23.2 Å². The molecule has 0 radical (unpaired) electrons. The predicted molar refractivity (Wildman–Crippen MR) is 84.6 cm³/mol. The molecule has 0 heterocycles. The van der Waals surface area contributed by atoms with Gasteiger partial charge in [0.05, 0.1) is 9.85 Å². The summed E-state index contributed by atoms with van der Waals surface area (Å²) in [5.41, 5.74) is -0.468. The minimum absolute atomic E-state index is 0.0640. The molecule has 0 atom stereocenters. The molecule has 0 fully saturated rings.